The molecule has 2 aromatic carbocycles. The molecule has 1 aliphatic heterocycles. The highest BCUT2D eigenvalue weighted by Gasteiger charge is 2.49. The Morgan fingerprint density at radius 3 is 2.43 bits per heavy atom. The van der Waals surface area contributed by atoms with Crippen molar-refractivity contribution < 1.29 is 19.2 Å². The Balaban J connectivity index is 1.71. The minimum Gasteiger partial charge on any atom is -0.355 e. The van der Waals surface area contributed by atoms with Crippen LogP contribution in [0.3, 0.4) is 0 Å². The first kappa shape index (κ1) is 19.3. The smallest absolute Gasteiger partial charge is 0.325 e. The van der Waals surface area contributed by atoms with Gasteiger partial charge in [-0.1, -0.05) is 36.4 Å². The maximum Gasteiger partial charge on any atom is 0.325 e. The predicted molar refractivity (Wildman–Crippen MR) is 103 cm³/mol. The average Bonchev–Trinajstić information content (AvgIpc) is 2.89. The summed E-state index contributed by atoms with van der Waals surface area (Å²) in [6, 6.07) is 12.7. The highest BCUT2D eigenvalue weighted by molar-refractivity contribution is 6.09. The number of benzene rings is 2. The molecule has 3 N–H and O–H groups in total. The van der Waals surface area contributed by atoms with E-state index in [0.29, 0.717) is 5.56 Å². The summed E-state index contributed by atoms with van der Waals surface area (Å²) in [4.78, 5) is 49.1. The topological polar surface area (TPSA) is 108 Å². The van der Waals surface area contributed by atoms with E-state index in [2.05, 4.69) is 16.0 Å². The Kier molecular flexibility index (Phi) is 5.30. The lowest BCUT2D eigenvalue weighted by atomic mass is 9.90. The molecule has 1 atom stereocenters. The van der Waals surface area contributed by atoms with Crippen LogP contribution < -0.4 is 16.0 Å². The van der Waals surface area contributed by atoms with Gasteiger partial charge >= 0.3 is 6.03 Å². The van der Waals surface area contributed by atoms with Gasteiger partial charge in [-0.2, -0.15) is 0 Å². The summed E-state index contributed by atoms with van der Waals surface area (Å²) in [5.74, 6) is -1.16. The van der Waals surface area contributed by atoms with Crippen LogP contribution in [0.5, 0.6) is 0 Å². The van der Waals surface area contributed by atoms with E-state index in [1.165, 1.54) is 6.92 Å². The fourth-order valence-electron chi connectivity index (χ4n) is 3.18. The zero-order valence-corrected chi connectivity index (χ0v) is 15.7. The molecule has 1 aliphatic rings. The minimum absolute atomic E-state index is 0.200. The average molecular weight is 382 g/mol. The molecule has 1 fully saturated rings. The molecule has 8 heteroatoms. The van der Waals surface area contributed by atoms with Gasteiger partial charge in [0.1, 0.15) is 12.1 Å². The Morgan fingerprint density at radius 2 is 1.71 bits per heavy atom. The number of nitrogens with one attached hydrogen (secondary N) is 3. The summed E-state index contributed by atoms with van der Waals surface area (Å²) in [5, 5.41) is 9.80. The summed E-state index contributed by atoms with van der Waals surface area (Å²) in [7, 11) is 0. The highest BCUT2D eigenvalue weighted by atomic mass is 16.2. The van der Waals surface area contributed by atoms with E-state index < -0.39 is 23.4 Å². The summed E-state index contributed by atoms with van der Waals surface area (Å²) in [6.45, 7) is 3.11. The predicted octanol–water partition coefficient (Wildman–Crippen LogP) is 0.859. The third kappa shape index (κ3) is 3.80. The molecule has 0 unspecified atom stereocenters. The molecule has 146 valence electrons. The van der Waals surface area contributed by atoms with Crippen LogP contribution in [0.4, 0.5) is 4.79 Å². The first-order chi connectivity index (χ1) is 13.3. The van der Waals surface area contributed by atoms with E-state index in [1.54, 1.807) is 13.0 Å². The minimum atomic E-state index is -1.24. The SMILES string of the molecule is CC(=O)NCCNC(=O)CN1C(=O)N[C@](C)(c2ccc3ccccc3c2)C1=O. The molecule has 1 heterocycles. The number of hydrogen-bond acceptors (Lipinski definition) is 4. The molecule has 8 nitrogen and oxygen atoms in total. The van der Waals surface area contributed by atoms with Crippen LogP contribution in [0.25, 0.3) is 10.8 Å². The Bertz CT molecular complexity index is 958. The molecule has 0 aromatic heterocycles. The second-order valence-corrected chi connectivity index (χ2v) is 6.84. The maximum absolute atomic E-state index is 12.9. The van der Waals surface area contributed by atoms with Crippen molar-refractivity contribution in [3.63, 3.8) is 0 Å². The number of hydrogen-bond donors (Lipinski definition) is 3. The fourth-order valence-corrected chi connectivity index (χ4v) is 3.18. The molecule has 0 aliphatic carbocycles. The third-order valence-corrected chi connectivity index (χ3v) is 4.72. The van der Waals surface area contributed by atoms with Crippen molar-refractivity contribution in [2.45, 2.75) is 19.4 Å². The van der Waals surface area contributed by atoms with Crippen molar-refractivity contribution in [3.8, 4) is 0 Å². The normalized spacial score (nSPS) is 18.9. The van der Waals surface area contributed by atoms with Gasteiger partial charge in [0.25, 0.3) is 5.91 Å². The van der Waals surface area contributed by atoms with E-state index in [-0.39, 0.29) is 25.5 Å². The Hall–Kier alpha value is -3.42. The number of nitrogens with zero attached hydrogens (tertiary/aromatic N) is 1. The van der Waals surface area contributed by atoms with Crippen molar-refractivity contribution in [1.82, 2.24) is 20.9 Å². The molecule has 5 amide bonds. The number of carbonyl (C=O) groups is 4. The van der Waals surface area contributed by atoms with Gasteiger partial charge in [0.2, 0.25) is 11.8 Å². The molecule has 28 heavy (non-hydrogen) atoms. The second kappa shape index (κ2) is 7.67. The van der Waals surface area contributed by atoms with Crippen molar-refractivity contribution in [1.29, 1.82) is 0 Å². The second-order valence-electron chi connectivity index (χ2n) is 6.84. The molecule has 1 saturated heterocycles. The van der Waals surface area contributed by atoms with Crippen LogP contribution >= 0.6 is 0 Å². The molecule has 3 rings (SSSR count). The van der Waals surface area contributed by atoms with E-state index in [0.717, 1.165) is 15.7 Å². The quantitative estimate of drug-likeness (QED) is 0.509. The van der Waals surface area contributed by atoms with Gasteiger partial charge in [0.05, 0.1) is 0 Å². The van der Waals surface area contributed by atoms with Crippen LogP contribution in [0, 0.1) is 0 Å². The lowest BCUT2D eigenvalue weighted by molar-refractivity contribution is -0.134. The van der Waals surface area contributed by atoms with Gasteiger partial charge in [-0.25, -0.2) is 4.79 Å². The summed E-state index contributed by atoms with van der Waals surface area (Å²) in [6.07, 6.45) is 0. The van der Waals surface area contributed by atoms with Crippen molar-refractivity contribution in [2.75, 3.05) is 19.6 Å². The largest absolute Gasteiger partial charge is 0.355 e. The van der Waals surface area contributed by atoms with Gasteiger partial charge in [0.15, 0.2) is 0 Å². The molecular weight excluding hydrogens is 360 g/mol. The first-order valence-electron chi connectivity index (χ1n) is 8.96. The standard InChI is InChI=1S/C20H22N4O4/c1-13(25)21-9-10-22-17(26)12-24-18(27)20(2,23-19(24)28)16-8-7-14-5-3-4-6-15(14)11-16/h3-8,11H,9-10,12H2,1-2H3,(H,21,25)(H,22,26)(H,23,28)/t20-/m1/s1. The van der Waals surface area contributed by atoms with E-state index in [9.17, 15) is 19.2 Å². The van der Waals surface area contributed by atoms with Crippen molar-refractivity contribution in [3.05, 3.63) is 48.0 Å². The van der Waals surface area contributed by atoms with E-state index in [1.807, 2.05) is 36.4 Å². The fraction of sp³-hybridized carbons (Fsp3) is 0.300. The molecule has 2 aromatic rings. The van der Waals surface area contributed by atoms with Gasteiger partial charge in [-0.3, -0.25) is 19.3 Å². The van der Waals surface area contributed by atoms with Gasteiger partial charge in [-0.05, 0) is 29.3 Å². The molecule has 0 saturated carbocycles. The van der Waals surface area contributed by atoms with Gasteiger partial charge in [0, 0.05) is 20.0 Å². The highest BCUT2D eigenvalue weighted by Crippen LogP contribution is 2.30. The molecule has 0 bridgehead atoms. The van der Waals surface area contributed by atoms with Crippen molar-refractivity contribution in [2.24, 2.45) is 0 Å². The van der Waals surface area contributed by atoms with Gasteiger partial charge in [-0.15, -0.1) is 0 Å². The zero-order chi connectivity index (χ0) is 20.3. The lowest BCUT2D eigenvalue weighted by Gasteiger charge is -2.22. The molecule has 0 spiro atoms. The van der Waals surface area contributed by atoms with E-state index in [4.69, 9.17) is 0 Å². The van der Waals surface area contributed by atoms with Crippen LogP contribution in [-0.2, 0) is 19.9 Å². The number of imide groups is 1. The van der Waals surface area contributed by atoms with E-state index >= 15 is 0 Å². The Morgan fingerprint density at radius 1 is 1.04 bits per heavy atom. The summed E-state index contributed by atoms with van der Waals surface area (Å²) >= 11 is 0. The van der Waals surface area contributed by atoms with Gasteiger partial charge < -0.3 is 16.0 Å². The number of carbonyl (C=O) groups excluding carboxylic acids is 4. The number of rotatable bonds is 6. The maximum atomic E-state index is 12.9. The zero-order valence-electron chi connectivity index (χ0n) is 15.7. The van der Waals surface area contributed by atoms with Crippen LogP contribution in [0.15, 0.2) is 42.5 Å². The number of amides is 5. The third-order valence-electron chi connectivity index (χ3n) is 4.72. The number of fused-ring (bicyclic) bond motifs is 1. The first-order valence-corrected chi connectivity index (χ1v) is 8.96. The Labute approximate surface area is 162 Å². The lowest BCUT2D eigenvalue weighted by Crippen LogP contribution is -2.44. The molecule has 0 radical (unpaired) electrons. The summed E-state index contributed by atoms with van der Waals surface area (Å²) < 4.78 is 0. The van der Waals surface area contributed by atoms with Crippen LogP contribution in [0.1, 0.15) is 19.4 Å². The van der Waals surface area contributed by atoms with Crippen LogP contribution in [-0.4, -0.2) is 48.3 Å². The number of urea groups is 1. The van der Waals surface area contributed by atoms with Crippen molar-refractivity contribution >= 4 is 34.5 Å². The van der Waals surface area contributed by atoms with Crippen LogP contribution in [0.2, 0.25) is 0 Å². The molecular formula is C20H22N4O4. The monoisotopic (exact) mass is 382 g/mol. The summed E-state index contributed by atoms with van der Waals surface area (Å²) in [5.41, 5.74) is -0.587.